The van der Waals surface area contributed by atoms with Crippen LogP contribution in [0.15, 0.2) is 58.5 Å². The maximum atomic E-state index is 13.8. The Morgan fingerprint density at radius 1 is 1.20 bits per heavy atom. The van der Waals surface area contributed by atoms with E-state index >= 15 is 0 Å². The first kappa shape index (κ1) is 28.4. The molecule has 4 aromatic rings. The number of thiazole rings is 1. The van der Waals surface area contributed by atoms with Crippen LogP contribution in [0.25, 0.3) is 21.1 Å². The number of hydrogen-bond acceptors (Lipinski definition) is 9. The van der Waals surface area contributed by atoms with Gasteiger partial charge >= 0.3 is 6.18 Å². The van der Waals surface area contributed by atoms with Crippen molar-refractivity contribution in [3.05, 3.63) is 64.1 Å². The Morgan fingerprint density at radius 2 is 1.95 bits per heavy atom. The minimum Gasteiger partial charge on any atom is -0.399 e. The summed E-state index contributed by atoms with van der Waals surface area (Å²) >= 11 is 5.05. The molecule has 40 heavy (non-hydrogen) atoms. The smallest absolute Gasteiger partial charge is 0.399 e. The van der Waals surface area contributed by atoms with E-state index in [1.165, 1.54) is 23.9 Å². The van der Waals surface area contributed by atoms with Gasteiger partial charge in [-0.3, -0.25) is 0 Å². The number of aromatic nitrogens is 3. The lowest BCUT2D eigenvalue weighted by Crippen LogP contribution is -2.49. The van der Waals surface area contributed by atoms with Crippen LogP contribution in [0.3, 0.4) is 0 Å². The van der Waals surface area contributed by atoms with Gasteiger partial charge in [0.1, 0.15) is 12.1 Å². The average molecular weight is 636 g/mol. The van der Waals surface area contributed by atoms with E-state index in [-0.39, 0.29) is 24.0 Å². The van der Waals surface area contributed by atoms with E-state index in [2.05, 4.69) is 62.3 Å². The van der Waals surface area contributed by atoms with Crippen LogP contribution < -0.4 is 22.2 Å². The summed E-state index contributed by atoms with van der Waals surface area (Å²) in [5.74, 6) is 6.65. The largest absolute Gasteiger partial charge is 0.413 e. The Balaban J connectivity index is 1.57. The Bertz CT molecular complexity index is 1580. The molecule has 5 rings (SSSR count). The molecule has 1 unspecified atom stereocenters. The number of nitrogens with one attached hydrogen (secondary N) is 2. The Labute approximate surface area is 242 Å². The third-order valence-electron chi connectivity index (χ3n) is 6.85. The van der Waals surface area contributed by atoms with Crippen molar-refractivity contribution >= 4 is 59.9 Å². The molecule has 6 N–H and O–H groups in total. The van der Waals surface area contributed by atoms with Crippen molar-refractivity contribution < 1.29 is 13.2 Å². The Kier molecular flexibility index (Phi) is 7.34. The second kappa shape index (κ2) is 10.3. The van der Waals surface area contributed by atoms with E-state index in [1.54, 1.807) is 5.51 Å². The number of fused-ring (bicyclic) bond motifs is 2. The molecule has 2 aromatic heterocycles. The highest BCUT2D eigenvalue weighted by atomic mass is 79.9. The maximum absolute atomic E-state index is 13.8. The average Bonchev–Trinajstić information content (AvgIpc) is 3.57. The highest BCUT2D eigenvalue weighted by Gasteiger charge is 2.66. The van der Waals surface area contributed by atoms with Gasteiger partial charge in [-0.25, -0.2) is 20.8 Å². The molecule has 1 aliphatic carbocycles. The zero-order valence-corrected chi connectivity index (χ0v) is 24.6. The number of rotatable bonds is 8. The van der Waals surface area contributed by atoms with Crippen LogP contribution in [0.1, 0.15) is 45.2 Å². The highest BCUT2D eigenvalue weighted by Crippen LogP contribution is 2.52. The first-order valence-electron chi connectivity index (χ1n) is 12.6. The van der Waals surface area contributed by atoms with Gasteiger partial charge in [0.05, 0.1) is 33.0 Å². The van der Waals surface area contributed by atoms with Crippen LogP contribution in [-0.4, -0.2) is 38.2 Å². The van der Waals surface area contributed by atoms with E-state index in [9.17, 15) is 13.2 Å². The summed E-state index contributed by atoms with van der Waals surface area (Å²) in [7, 11) is 0. The van der Waals surface area contributed by atoms with Crippen LogP contribution >= 0.6 is 27.3 Å². The van der Waals surface area contributed by atoms with E-state index in [0.717, 1.165) is 31.2 Å². The molecule has 1 saturated carbocycles. The van der Waals surface area contributed by atoms with Crippen molar-refractivity contribution in [1.29, 1.82) is 0 Å². The van der Waals surface area contributed by atoms with Crippen molar-refractivity contribution in [3.63, 3.8) is 0 Å². The predicted octanol–water partition coefficient (Wildman–Crippen LogP) is 6.68. The fourth-order valence-electron chi connectivity index (χ4n) is 4.51. The SMILES string of the molecule is CC(C)(C)CNc1ncnc2c(Br)cc(NC(/C(N)=C/N(N)C3(C(F)(F)F)CC3)c3cccc4ncsc34)cc12. The number of nitrogens with zero attached hydrogens (tertiary/aromatic N) is 4. The van der Waals surface area contributed by atoms with Crippen LogP contribution in [-0.2, 0) is 0 Å². The second-order valence-corrected chi connectivity index (χ2v) is 12.9. The summed E-state index contributed by atoms with van der Waals surface area (Å²) in [6, 6.07) is 8.65. The molecule has 1 atom stereocenters. The van der Waals surface area contributed by atoms with Crippen LogP contribution in [0.2, 0.25) is 0 Å². The molecule has 0 spiro atoms. The molecule has 0 saturated heterocycles. The van der Waals surface area contributed by atoms with Gasteiger partial charge in [-0.15, -0.1) is 11.3 Å². The second-order valence-electron chi connectivity index (χ2n) is 11.2. The molecule has 2 heterocycles. The lowest BCUT2D eigenvalue weighted by atomic mass is 9.97. The number of nitrogens with two attached hydrogens (primary N) is 2. The monoisotopic (exact) mass is 634 g/mol. The summed E-state index contributed by atoms with van der Waals surface area (Å²) < 4.78 is 42.9. The van der Waals surface area contributed by atoms with Gasteiger partial charge in [0.15, 0.2) is 5.54 Å². The van der Waals surface area contributed by atoms with Crippen LogP contribution in [0.4, 0.5) is 24.7 Å². The van der Waals surface area contributed by atoms with Gasteiger partial charge in [0.25, 0.3) is 0 Å². The van der Waals surface area contributed by atoms with E-state index in [4.69, 9.17) is 11.6 Å². The first-order valence-corrected chi connectivity index (χ1v) is 14.3. The zero-order valence-electron chi connectivity index (χ0n) is 22.2. The van der Waals surface area contributed by atoms with Gasteiger partial charge in [0, 0.05) is 28.3 Å². The quantitative estimate of drug-likeness (QED) is 0.125. The number of alkyl halides is 3. The van der Waals surface area contributed by atoms with E-state index in [0.29, 0.717) is 23.1 Å². The molecule has 2 aromatic carbocycles. The van der Waals surface area contributed by atoms with Crippen molar-refractivity contribution in [1.82, 2.24) is 20.0 Å². The minimum atomic E-state index is -4.47. The molecule has 212 valence electrons. The Hall–Kier alpha value is -3.16. The molecule has 0 amide bonds. The molecule has 8 nitrogen and oxygen atoms in total. The highest BCUT2D eigenvalue weighted by molar-refractivity contribution is 9.10. The summed E-state index contributed by atoms with van der Waals surface area (Å²) in [4.78, 5) is 13.3. The number of anilines is 2. The number of hydrogen-bond donors (Lipinski definition) is 4. The molecule has 0 bridgehead atoms. The number of hydrazine groups is 1. The Morgan fingerprint density at radius 3 is 2.62 bits per heavy atom. The topological polar surface area (TPSA) is 118 Å². The summed E-state index contributed by atoms with van der Waals surface area (Å²) in [5, 5.41) is 8.32. The van der Waals surface area contributed by atoms with Crippen molar-refractivity contribution in [2.45, 2.75) is 51.4 Å². The fraction of sp³-hybridized carbons (Fsp3) is 0.370. The lowest BCUT2D eigenvalue weighted by molar-refractivity contribution is -0.189. The molecular weight excluding hydrogens is 605 g/mol. The molecule has 0 aliphatic heterocycles. The predicted molar refractivity (Wildman–Crippen MR) is 157 cm³/mol. The third-order valence-corrected chi connectivity index (χ3v) is 8.35. The minimum absolute atomic E-state index is 0.0194. The number of benzene rings is 2. The van der Waals surface area contributed by atoms with Crippen molar-refractivity contribution in [2.24, 2.45) is 17.0 Å². The first-order chi connectivity index (χ1) is 18.8. The molecule has 0 radical (unpaired) electrons. The normalized spacial score (nSPS) is 16.2. The number of halogens is 4. The van der Waals surface area contributed by atoms with Gasteiger partial charge in [-0.05, 0) is 57.9 Å². The standard InChI is InChI=1S/C27H30BrF3N8S/c1-25(2,3)12-34-24-17-9-15(10-18(28)21(17)35-13-36-24)38-22(16-5-4-6-20-23(16)40-14-37-20)19(32)11-39(33)26(7-8-26)27(29,30)31/h4-6,9-11,13-14,22,38H,7-8,12,32-33H2,1-3H3,(H,34,35,36)/b19-11-. The van der Waals surface area contributed by atoms with E-state index < -0.39 is 17.8 Å². The molecule has 1 aliphatic rings. The zero-order chi connectivity index (χ0) is 28.9. The summed E-state index contributed by atoms with van der Waals surface area (Å²) in [6.45, 7) is 7.05. The third kappa shape index (κ3) is 5.54. The maximum Gasteiger partial charge on any atom is 0.413 e. The molecule has 1 fully saturated rings. The molecule has 13 heteroatoms. The van der Waals surface area contributed by atoms with Gasteiger partial charge in [-0.1, -0.05) is 32.9 Å². The summed E-state index contributed by atoms with van der Waals surface area (Å²) in [5.41, 5.74) is 9.23. The van der Waals surface area contributed by atoms with E-state index in [1.807, 2.05) is 30.3 Å². The fourth-order valence-corrected chi connectivity index (χ4v) is 5.90. The lowest BCUT2D eigenvalue weighted by Gasteiger charge is -2.30. The van der Waals surface area contributed by atoms with Gasteiger partial charge in [0.2, 0.25) is 0 Å². The molecular formula is C27H30BrF3N8S. The van der Waals surface area contributed by atoms with Crippen molar-refractivity contribution in [2.75, 3.05) is 17.2 Å². The van der Waals surface area contributed by atoms with Crippen LogP contribution in [0.5, 0.6) is 0 Å². The van der Waals surface area contributed by atoms with Gasteiger partial charge < -0.3 is 21.4 Å². The van der Waals surface area contributed by atoms with Gasteiger partial charge in [-0.2, -0.15) is 13.2 Å². The van der Waals surface area contributed by atoms with Crippen molar-refractivity contribution in [3.8, 4) is 0 Å². The van der Waals surface area contributed by atoms with Crippen LogP contribution in [0, 0.1) is 5.41 Å². The summed E-state index contributed by atoms with van der Waals surface area (Å²) in [6.07, 6.45) is -1.95.